The Morgan fingerprint density at radius 2 is 1.46 bits per heavy atom. The van der Waals surface area contributed by atoms with Crippen molar-refractivity contribution >= 4 is 5.84 Å². The van der Waals surface area contributed by atoms with E-state index in [1.807, 2.05) is 36.4 Å². The molecule has 0 aliphatic carbocycles. The molecule has 3 rings (SSSR count). The van der Waals surface area contributed by atoms with Gasteiger partial charge in [-0.15, -0.1) is 0 Å². The molecule has 26 heavy (non-hydrogen) atoms. The summed E-state index contributed by atoms with van der Waals surface area (Å²) in [6.45, 7) is 5.21. The number of hydrogen-bond donors (Lipinski definition) is 2. The van der Waals surface area contributed by atoms with Gasteiger partial charge >= 0.3 is 0 Å². The van der Waals surface area contributed by atoms with Crippen LogP contribution in [0.1, 0.15) is 50.7 Å². The molecule has 1 aliphatic heterocycles. The van der Waals surface area contributed by atoms with Crippen molar-refractivity contribution < 1.29 is 5.11 Å². The van der Waals surface area contributed by atoms with Gasteiger partial charge in [-0.3, -0.25) is 4.99 Å². The van der Waals surface area contributed by atoms with Gasteiger partial charge in [0.2, 0.25) is 0 Å². The second-order valence-corrected chi connectivity index (χ2v) is 7.44. The molecule has 0 spiro atoms. The zero-order valence-corrected chi connectivity index (χ0v) is 15.9. The van der Waals surface area contributed by atoms with Gasteiger partial charge in [0.1, 0.15) is 6.23 Å². The van der Waals surface area contributed by atoms with Crippen molar-refractivity contribution in [1.29, 1.82) is 0 Å². The van der Waals surface area contributed by atoms with Gasteiger partial charge in [0.15, 0.2) is 0 Å². The number of hydrogen-bond acceptors (Lipinski definition) is 3. The van der Waals surface area contributed by atoms with E-state index in [2.05, 4.69) is 48.4 Å². The summed E-state index contributed by atoms with van der Waals surface area (Å²) in [5.74, 6) is 1.13. The third kappa shape index (κ3) is 3.68. The molecule has 0 saturated heterocycles. The second kappa shape index (κ2) is 8.50. The Balaban J connectivity index is 2.06. The standard InChI is InChI=1S/C23H30N2O/c1-18(2)23(19-12-6-3-7-13-19,20-14-8-4-9-15-20)22(26)25-21-16-10-5-11-17-24-21/h3-4,6-9,12-15,18,22,26H,5,10-11,16-17H2,1-2H3,(H,24,25). The molecule has 1 atom stereocenters. The fourth-order valence-corrected chi connectivity index (χ4v) is 4.16. The fraction of sp³-hybridized carbons (Fsp3) is 0.435. The minimum absolute atomic E-state index is 0.196. The summed E-state index contributed by atoms with van der Waals surface area (Å²) in [5, 5.41) is 14.9. The molecule has 2 aromatic carbocycles. The van der Waals surface area contributed by atoms with Crippen LogP contribution in [0.4, 0.5) is 0 Å². The molecule has 0 bridgehead atoms. The lowest BCUT2D eigenvalue weighted by Crippen LogP contribution is -2.54. The van der Waals surface area contributed by atoms with Crippen molar-refractivity contribution in [3.8, 4) is 0 Å². The summed E-state index contributed by atoms with van der Waals surface area (Å²) in [6.07, 6.45) is 3.63. The van der Waals surface area contributed by atoms with E-state index in [9.17, 15) is 5.11 Å². The Morgan fingerprint density at radius 3 is 2.00 bits per heavy atom. The smallest absolute Gasteiger partial charge is 0.139 e. The van der Waals surface area contributed by atoms with Crippen molar-refractivity contribution in [2.45, 2.75) is 51.2 Å². The van der Waals surface area contributed by atoms with Crippen LogP contribution in [0.2, 0.25) is 0 Å². The third-order valence-electron chi connectivity index (χ3n) is 5.52. The van der Waals surface area contributed by atoms with Crippen LogP contribution in [0.5, 0.6) is 0 Å². The maximum atomic E-state index is 11.5. The van der Waals surface area contributed by atoms with E-state index in [4.69, 9.17) is 0 Å². The van der Waals surface area contributed by atoms with Crippen LogP contribution in [0.15, 0.2) is 65.7 Å². The van der Waals surface area contributed by atoms with E-state index >= 15 is 0 Å². The molecule has 3 heteroatoms. The fourth-order valence-electron chi connectivity index (χ4n) is 4.16. The highest BCUT2D eigenvalue weighted by Gasteiger charge is 2.44. The van der Waals surface area contributed by atoms with Crippen LogP contribution in [0.3, 0.4) is 0 Å². The molecule has 0 aromatic heterocycles. The van der Waals surface area contributed by atoms with Gasteiger partial charge in [-0.1, -0.05) is 80.9 Å². The number of aliphatic hydroxyl groups excluding tert-OH is 1. The first-order valence-corrected chi connectivity index (χ1v) is 9.74. The van der Waals surface area contributed by atoms with Crippen molar-refractivity contribution in [3.05, 3.63) is 71.8 Å². The topological polar surface area (TPSA) is 44.6 Å². The molecule has 138 valence electrons. The monoisotopic (exact) mass is 350 g/mol. The molecule has 1 aliphatic rings. The third-order valence-corrected chi connectivity index (χ3v) is 5.52. The molecule has 0 amide bonds. The van der Waals surface area contributed by atoms with Gasteiger partial charge in [0.05, 0.1) is 11.3 Å². The lowest BCUT2D eigenvalue weighted by molar-refractivity contribution is 0.0614. The number of rotatable bonds is 5. The van der Waals surface area contributed by atoms with Gasteiger partial charge < -0.3 is 10.4 Å². The molecule has 1 unspecified atom stereocenters. The van der Waals surface area contributed by atoms with Gasteiger partial charge in [0, 0.05) is 13.0 Å². The van der Waals surface area contributed by atoms with Crippen LogP contribution >= 0.6 is 0 Å². The van der Waals surface area contributed by atoms with E-state index in [1.165, 1.54) is 6.42 Å². The molecular formula is C23H30N2O. The molecule has 0 saturated carbocycles. The Bertz CT molecular complexity index is 670. The van der Waals surface area contributed by atoms with Crippen LogP contribution in [-0.4, -0.2) is 23.7 Å². The average Bonchev–Trinajstić information content (AvgIpc) is 2.92. The van der Waals surface area contributed by atoms with Crippen molar-refractivity contribution in [2.75, 3.05) is 6.54 Å². The zero-order chi connectivity index (χ0) is 18.4. The Morgan fingerprint density at radius 1 is 0.885 bits per heavy atom. The molecule has 1 heterocycles. The summed E-state index contributed by atoms with van der Waals surface area (Å²) >= 11 is 0. The highest BCUT2D eigenvalue weighted by Crippen LogP contribution is 2.41. The van der Waals surface area contributed by atoms with Crippen LogP contribution < -0.4 is 5.32 Å². The van der Waals surface area contributed by atoms with E-state index < -0.39 is 11.6 Å². The molecule has 0 radical (unpaired) electrons. The Labute approximate surface area is 157 Å². The number of amidine groups is 1. The van der Waals surface area contributed by atoms with E-state index in [1.54, 1.807) is 0 Å². The van der Waals surface area contributed by atoms with Crippen LogP contribution in [-0.2, 0) is 5.41 Å². The first-order valence-electron chi connectivity index (χ1n) is 9.74. The maximum Gasteiger partial charge on any atom is 0.139 e. The summed E-state index contributed by atoms with van der Waals surface area (Å²) in [4.78, 5) is 4.67. The SMILES string of the molecule is CC(C)C(c1ccccc1)(c1ccccc1)C(O)NC1=NCCCCC1. The molecule has 0 fully saturated rings. The Kier molecular flexibility index (Phi) is 6.10. The minimum Gasteiger partial charge on any atom is -0.372 e. The summed E-state index contributed by atoms with van der Waals surface area (Å²) in [7, 11) is 0. The highest BCUT2D eigenvalue weighted by molar-refractivity contribution is 5.82. The van der Waals surface area contributed by atoms with Crippen LogP contribution in [0.25, 0.3) is 0 Å². The normalized spacial score (nSPS) is 16.7. The van der Waals surface area contributed by atoms with E-state index in [0.29, 0.717) is 0 Å². The van der Waals surface area contributed by atoms with E-state index in [0.717, 1.165) is 42.8 Å². The highest BCUT2D eigenvalue weighted by atomic mass is 16.3. The number of benzene rings is 2. The predicted molar refractivity (Wildman–Crippen MR) is 108 cm³/mol. The summed E-state index contributed by atoms with van der Waals surface area (Å²) < 4.78 is 0. The number of aliphatic hydroxyl groups is 1. The number of aliphatic imine (C=N–C) groups is 1. The minimum atomic E-state index is -0.746. The molecule has 2 aromatic rings. The molecule has 3 nitrogen and oxygen atoms in total. The van der Waals surface area contributed by atoms with Gasteiger partial charge in [0.25, 0.3) is 0 Å². The van der Waals surface area contributed by atoms with Crippen molar-refractivity contribution in [2.24, 2.45) is 10.9 Å². The van der Waals surface area contributed by atoms with Crippen LogP contribution in [0, 0.1) is 5.92 Å². The maximum absolute atomic E-state index is 11.5. The van der Waals surface area contributed by atoms with E-state index in [-0.39, 0.29) is 5.92 Å². The second-order valence-electron chi connectivity index (χ2n) is 7.44. The lowest BCUT2D eigenvalue weighted by atomic mass is 9.65. The summed E-state index contributed by atoms with van der Waals surface area (Å²) in [6, 6.07) is 20.7. The predicted octanol–water partition coefficient (Wildman–Crippen LogP) is 4.51. The first-order chi connectivity index (χ1) is 12.7. The van der Waals surface area contributed by atoms with Gasteiger partial charge in [-0.25, -0.2) is 0 Å². The summed E-state index contributed by atoms with van der Waals surface area (Å²) in [5.41, 5.74) is 1.70. The first kappa shape index (κ1) is 18.7. The Hall–Kier alpha value is -2.13. The average molecular weight is 351 g/mol. The molecule has 2 N–H and O–H groups in total. The molecular weight excluding hydrogens is 320 g/mol. The quantitative estimate of drug-likeness (QED) is 0.779. The number of nitrogens with one attached hydrogen (secondary N) is 1. The van der Waals surface area contributed by atoms with Gasteiger partial charge in [-0.2, -0.15) is 0 Å². The zero-order valence-electron chi connectivity index (χ0n) is 15.9. The number of nitrogens with zero attached hydrogens (tertiary/aromatic N) is 1. The lowest BCUT2D eigenvalue weighted by Gasteiger charge is -2.43. The van der Waals surface area contributed by atoms with Crippen molar-refractivity contribution in [1.82, 2.24) is 5.32 Å². The van der Waals surface area contributed by atoms with Gasteiger partial charge in [-0.05, 0) is 29.9 Å². The largest absolute Gasteiger partial charge is 0.372 e. The van der Waals surface area contributed by atoms with Crippen molar-refractivity contribution in [3.63, 3.8) is 0 Å².